The van der Waals surface area contributed by atoms with Crippen molar-refractivity contribution in [3.8, 4) is 5.75 Å². The van der Waals surface area contributed by atoms with Gasteiger partial charge in [-0.1, -0.05) is 6.42 Å². The Morgan fingerprint density at radius 3 is 3.11 bits per heavy atom. The number of amides is 1. The van der Waals surface area contributed by atoms with E-state index in [1.165, 1.54) is 0 Å². The largest absolute Gasteiger partial charge is 0.494 e. The van der Waals surface area contributed by atoms with Crippen LogP contribution in [0.15, 0.2) is 18.5 Å². The SMILES string of the molecule is COc1ccncc1NC(=O)C[C@@H]1CCC[C@H]1N. The Hall–Kier alpha value is -1.62. The van der Waals surface area contributed by atoms with Gasteiger partial charge in [0, 0.05) is 24.7 Å². The van der Waals surface area contributed by atoms with Gasteiger partial charge in [0.05, 0.1) is 13.3 Å². The molecule has 5 nitrogen and oxygen atoms in total. The van der Waals surface area contributed by atoms with Crippen LogP contribution in [0.2, 0.25) is 0 Å². The van der Waals surface area contributed by atoms with E-state index in [2.05, 4.69) is 10.3 Å². The first-order chi connectivity index (χ1) is 8.70. The van der Waals surface area contributed by atoms with Gasteiger partial charge in [0.1, 0.15) is 11.4 Å². The Morgan fingerprint density at radius 1 is 1.61 bits per heavy atom. The maximum Gasteiger partial charge on any atom is 0.224 e. The highest BCUT2D eigenvalue weighted by Crippen LogP contribution is 2.28. The predicted molar refractivity (Wildman–Crippen MR) is 69.4 cm³/mol. The third-order valence-electron chi connectivity index (χ3n) is 3.44. The van der Waals surface area contributed by atoms with E-state index in [-0.39, 0.29) is 11.9 Å². The summed E-state index contributed by atoms with van der Waals surface area (Å²) < 4.78 is 5.16. The van der Waals surface area contributed by atoms with Gasteiger partial charge in [-0.05, 0) is 18.8 Å². The first-order valence-corrected chi connectivity index (χ1v) is 6.24. The predicted octanol–water partition coefficient (Wildman–Crippen LogP) is 1.55. The molecule has 0 unspecified atom stereocenters. The molecule has 0 aromatic carbocycles. The van der Waals surface area contributed by atoms with Crippen molar-refractivity contribution in [2.75, 3.05) is 12.4 Å². The van der Waals surface area contributed by atoms with Gasteiger partial charge in [0.25, 0.3) is 0 Å². The lowest BCUT2D eigenvalue weighted by atomic mass is 10.00. The minimum Gasteiger partial charge on any atom is -0.494 e. The quantitative estimate of drug-likeness (QED) is 0.848. The smallest absolute Gasteiger partial charge is 0.224 e. The standard InChI is InChI=1S/C13H19N3O2/c1-18-12-5-6-15-8-11(12)16-13(17)7-9-3-2-4-10(9)14/h5-6,8-10H,2-4,7,14H2,1H3,(H,16,17)/t9-,10+/m0/s1. The average molecular weight is 249 g/mol. The number of carbonyl (C=O) groups excluding carboxylic acids is 1. The number of aromatic nitrogens is 1. The third-order valence-corrected chi connectivity index (χ3v) is 3.44. The van der Waals surface area contributed by atoms with Crippen molar-refractivity contribution in [1.82, 2.24) is 4.98 Å². The summed E-state index contributed by atoms with van der Waals surface area (Å²) in [6.07, 6.45) is 6.87. The molecule has 0 bridgehead atoms. The molecule has 18 heavy (non-hydrogen) atoms. The Morgan fingerprint density at radius 2 is 2.44 bits per heavy atom. The van der Waals surface area contributed by atoms with Crippen LogP contribution in [0.5, 0.6) is 5.75 Å². The summed E-state index contributed by atoms with van der Waals surface area (Å²) in [6, 6.07) is 1.88. The summed E-state index contributed by atoms with van der Waals surface area (Å²) in [5.74, 6) is 0.894. The Balaban J connectivity index is 1.94. The average Bonchev–Trinajstić information content (AvgIpc) is 2.75. The van der Waals surface area contributed by atoms with Crippen LogP contribution in [0, 0.1) is 5.92 Å². The number of pyridine rings is 1. The molecule has 1 aliphatic rings. The summed E-state index contributed by atoms with van der Waals surface area (Å²) in [5, 5.41) is 2.83. The molecule has 1 aliphatic carbocycles. The van der Waals surface area contributed by atoms with Crippen LogP contribution < -0.4 is 15.8 Å². The summed E-state index contributed by atoms with van der Waals surface area (Å²) in [5.41, 5.74) is 6.57. The highest BCUT2D eigenvalue weighted by molar-refractivity contribution is 5.92. The number of rotatable bonds is 4. The molecule has 3 N–H and O–H groups in total. The molecule has 2 rings (SSSR count). The molecule has 0 saturated heterocycles. The molecule has 1 fully saturated rings. The topological polar surface area (TPSA) is 77.2 Å². The fraction of sp³-hybridized carbons (Fsp3) is 0.538. The Bertz CT molecular complexity index is 422. The van der Waals surface area contributed by atoms with E-state index in [1.54, 1.807) is 25.6 Å². The fourth-order valence-corrected chi connectivity index (χ4v) is 2.41. The van der Waals surface area contributed by atoms with E-state index in [1.807, 2.05) is 0 Å². The van der Waals surface area contributed by atoms with Gasteiger partial charge in [-0.25, -0.2) is 0 Å². The zero-order valence-electron chi connectivity index (χ0n) is 10.6. The minimum atomic E-state index is -0.0244. The third kappa shape index (κ3) is 2.98. The summed E-state index contributed by atoms with van der Waals surface area (Å²) in [7, 11) is 1.57. The fourth-order valence-electron chi connectivity index (χ4n) is 2.41. The van der Waals surface area contributed by atoms with Crippen LogP contribution in [0.25, 0.3) is 0 Å². The van der Waals surface area contributed by atoms with Crippen LogP contribution >= 0.6 is 0 Å². The number of methoxy groups -OCH3 is 1. The number of hydrogen-bond donors (Lipinski definition) is 2. The summed E-state index contributed by atoms with van der Waals surface area (Å²) >= 11 is 0. The van der Waals surface area contributed by atoms with Gasteiger partial charge < -0.3 is 15.8 Å². The van der Waals surface area contributed by atoms with E-state index < -0.39 is 0 Å². The highest BCUT2D eigenvalue weighted by atomic mass is 16.5. The summed E-state index contributed by atoms with van der Waals surface area (Å²) in [6.45, 7) is 0. The lowest BCUT2D eigenvalue weighted by Crippen LogP contribution is -2.28. The molecule has 98 valence electrons. The number of nitrogens with two attached hydrogens (primary N) is 1. The van der Waals surface area contributed by atoms with E-state index in [0.717, 1.165) is 19.3 Å². The lowest BCUT2D eigenvalue weighted by molar-refractivity contribution is -0.117. The normalized spacial score (nSPS) is 22.8. The van der Waals surface area contributed by atoms with Crippen LogP contribution in [0.4, 0.5) is 5.69 Å². The summed E-state index contributed by atoms with van der Waals surface area (Å²) in [4.78, 5) is 15.9. The molecule has 5 heteroatoms. The number of carbonyl (C=O) groups is 1. The molecule has 1 saturated carbocycles. The van der Waals surface area contributed by atoms with E-state index in [9.17, 15) is 4.79 Å². The first kappa shape index (κ1) is 12.8. The molecule has 2 atom stereocenters. The van der Waals surface area contributed by atoms with Crippen LogP contribution in [-0.2, 0) is 4.79 Å². The maximum absolute atomic E-state index is 11.9. The zero-order chi connectivity index (χ0) is 13.0. The molecular weight excluding hydrogens is 230 g/mol. The maximum atomic E-state index is 11.9. The first-order valence-electron chi connectivity index (χ1n) is 6.24. The second kappa shape index (κ2) is 5.82. The monoisotopic (exact) mass is 249 g/mol. The van der Waals surface area contributed by atoms with Crippen molar-refractivity contribution >= 4 is 11.6 Å². The van der Waals surface area contributed by atoms with Crippen molar-refractivity contribution < 1.29 is 9.53 Å². The molecule has 0 spiro atoms. The van der Waals surface area contributed by atoms with Crippen molar-refractivity contribution in [3.05, 3.63) is 18.5 Å². The second-order valence-corrected chi connectivity index (χ2v) is 4.68. The molecule has 1 aromatic rings. The van der Waals surface area contributed by atoms with Gasteiger partial charge in [-0.2, -0.15) is 0 Å². The molecule has 1 aromatic heterocycles. The van der Waals surface area contributed by atoms with Gasteiger partial charge in [-0.15, -0.1) is 0 Å². The number of anilines is 1. The van der Waals surface area contributed by atoms with E-state index in [0.29, 0.717) is 23.8 Å². The van der Waals surface area contributed by atoms with Crippen molar-refractivity contribution in [2.45, 2.75) is 31.7 Å². The van der Waals surface area contributed by atoms with E-state index in [4.69, 9.17) is 10.5 Å². The van der Waals surface area contributed by atoms with E-state index >= 15 is 0 Å². The number of ether oxygens (including phenoxy) is 1. The van der Waals surface area contributed by atoms with Gasteiger partial charge in [0.15, 0.2) is 0 Å². The van der Waals surface area contributed by atoms with Crippen LogP contribution in [0.3, 0.4) is 0 Å². The Labute approximate surface area is 107 Å². The molecule has 1 heterocycles. The molecule has 0 radical (unpaired) electrons. The van der Waals surface area contributed by atoms with Gasteiger partial charge >= 0.3 is 0 Å². The molecule has 1 amide bonds. The number of nitrogens with one attached hydrogen (secondary N) is 1. The minimum absolute atomic E-state index is 0.0244. The van der Waals surface area contributed by atoms with Crippen molar-refractivity contribution in [2.24, 2.45) is 11.7 Å². The van der Waals surface area contributed by atoms with Crippen LogP contribution in [0.1, 0.15) is 25.7 Å². The lowest BCUT2D eigenvalue weighted by Gasteiger charge is -2.15. The molecule has 0 aliphatic heterocycles. The number of nitrogens with zero attached hydrogens (tertiary/aromatic N) is 1. The zero-order valence-corrected chi connectivity index (χ0v) is 10.6. The molecular formula is C13H19N3O2. The van der Waals surface area contributed by atoms with Gasteiger partial charge in [-0.3, -0.25) is 9.78 Å². The number of hydrogen-bond acceptors (Lipinski definition) is 4. The second-order valence-electron chi connectivity index (χ2n) is 4.68. The van der Waals surface area contributed by atoms with Crippen molar-refractivity contribution in [3.63, 3.8) is 0 Å². The Kier molecular flexibility index (Phi) is 4.15. The highest BCUT2D eigenvalue weighted by Gasteiger charge is 2.26. The van der Waals surface area contributed by atoms with Crippen LogP contribution in [-0.4, -0.2) is 24.0 Å². The van der Waals surface area contributed by atoms with Crippen molar-refractivity contribution in [1.29, 1.82) is 0 Å². The van der Waals surface area contributed by atoms with Gasteiger partial charge in [0.2, 0.25) is 5.91 Å².